The first-order valence-electron chi connectivity index (χ1n) is 6.61. The Morgan fingerprint density at radius 3 is 2.16 bits per heavy atom. The first kappa shape index (κ1) is 15.2. The molecule has 19 heavy (non-hydrogen) atoms. The standard InChI is InChI=1S/C8H11NO.C8H11N/c1-3-7-8(10-2)5-4-6-9-7;1-3-8-5-4-6-9-7(8)2/h4-6H,3H2,1-2H3;4-6H,3H2,1-2H3. The molecular formula is C16H22N2O. The van der Waals surface area contributed by atoms with Crippen LogP contribution in [0.15, 0.2) is 36.7 Å². The molecule has 2 aromatic heterocycles. The molecule has 0 aliphatic heterocycles. The summed E-state index contributed by atoms with van der Waals surface area (Å²) >= 11 is 0. The van der Waals surface area contributed by atoms with E-state index in [2.05, 4.69) is 29.9 Å². The molecule has 0 fully saturated rings. The van der Waals surface area contributed by atoms with Crippen LogP contribution in [-0.4, -0.2) is 17.1 Å². The van der Waals surface area contributed by atoms with Crippen LogP contribution < -0.4 is 4.74 Å². The van der Waals surface area contributed by atoms with Gasteiger partial charge in [-0.2, -0.15) is 0 Å². The highest BCUT2D eigenvalue weighted by atomic mass is 16.5. The van der Waals surface area contributed by atoms with Crippen LogP contribution in [0.3, 0.4) is 0 Å². The average Bonchev–Trinajstić information content (AvgIpc) is 2.48. The fourth-order valence-electron chi connectivity index (χ4n) is 1.77. The van der Waals surface area contributed by atoms with Gasteiger partial charge in [0.05, 0.1) is 12.8 Å². The Morgan fingerprint density at radius 1 is 1.00 bits per heavy atom. The first-order chi connectivity index (χ1) is 9.22. The molecule has 2 aromatic rings. The molecule has 0 aromatic carbocycles. The Balaban J connectivity index is 0.000000191. The third-order valence-corrected chi connectivity index (χ3v) is 2.90. The Morgan fingerprint density at radius 2 is 1.68 bits per heavy atom. The van der Waals surface area contributed by atoms with Crippen LogP contribution in [0.5, 0.6) is 5.75 Å². The minimum absolute atomic E-state index is 0.880. The van der Waals surface area contributed by atoms with Gasteiger partial charge >= 0.3 is 0 Å². The highest BCUT2D eigenvalue weighted by molar-refractivity contribution is 5.26. The molecule has 3 nitrogen and oxygen atoms in total. The van der Waals surface area contributed by atoms with E-state index in [1.165, 1.54) is 5.56 Å². The SMILES string of the molecule is CCc1cccnc1C.CCc1ncccc1OC. The molecule has 0 N–H and O–H groups in total. The van der Waals surface area contributed by atoms with Crippen molar-refractivity contribution in [1.29, 1.82) is 0 Å². The number of pyridine rings is 2. The van der Waals surface area contributed by atoms with Gasteiger partial charge in [-0.1, -0.05) is 19.9 Å². The quantitative estimate of drug-likeness (QED) is 0.843. The highest BCUT2D eigenvalue weighted by Gasteiger charge is 1.97. The van der Waals surface area contributed by atoms with Crippen LogP contribution in [0.25, 0.3) is 0 Å². The van der Waals surface area contributed by atoms with E-state index in [1.54, 1.807) is 13.3 Å². The minimum Gasteiger partial charge on any atom is -0.495 e. The van der Waals surface area contributed by atoms with Crippen LogP contribution in [0.2, 0.25) is 0 Å². The lowest BCUT2D eigenvalue weighted by atomic mass is 10.2. The molecule has 3 heteroatoms. The normalized spacial score (nSPS) is 9.47. The molecule has 0 aliphatic carbocycles. The van der Waals surface area contributed by atoms with Gasteiger partial charge < -0.3 is 4.74 Å². The van der Waals surface area contributed by atoms with Crippen LogP contribution in [0.1, 0.15) is 30.8 Å². The molecule has 0 saturated heterocycles. The zero-order chi connectivity index (χ0) is 14.1. The highest BCUT2D eigenvalue weighted by Crippen LogP contribution is 2.13. The zero-order valence-electron chi connectivity index (χ0n) is 12.2. The number of nitrogens with zero attached hydrogens (tertiary/aromatic N) is 2. The van der Waals surface area contributed by atoms with Gasteiger partial charge in [-0.25, -0.2) is 0 Å². The van der Waals surface area contributed by atoms with Crippen molar-refractivity contribution in [2.24, 2.45) is 0 Å². The molecule has 0 spiro atoms. The number of hydrogen-bond acceptors (Lipinski definition) is 3. The second-order valence-corrected chi connectivity index (χ2v) is 4.11. The smallest absolute Gasteiger partial charge is 0.140 e. The van der Waals surface area contributed by atoms with E-state index < -0.39 is 0 Å². The second kappa shape index (κ2) is 8.25. The summed E-state index contributed by atoms with van der Waals surface area (Å²) in [4.78, 5) is 8.29. The topological polar surface area (TPSA) is 35.0 Å². The summed E-state index contributed by atoms with van der Waals surface area (Å²) in [7, 11) is 1.66. The number of rotatable bonds is 3. The molecule has 0 radical (unpaired) electrons. The Hall–Kier alpha value is -1.90. The van der Waals surface area contributed by atoms with Crippen LogP contribution in [0.4, 0.5) is 0 Å². The van der Waals surface area contributed by atoms with Gasteiger partial charge in [-0.05, 0) is 43.5 Å². The Kier molecular flexibility index (Phi) is 6.58. The van der Waals surface area contributed by atoms with Gasteiger partial charge in [-0.3, -0.25) is 9.97 Å². The maximum Gasteiger partial charge on any atom is 0.140 e. The zero-order valence-corrected chi connectivity index (χ0v) is 12.2. The molecule has 2 heterocycles. The van der Waals surface area contributed by atoms with Crippen molar-refractivity contribution in [3.8, 4) is 5.75 Å². The lowest BCUT2D eigenvalue weighted by Crippen LogP contribution is -1.92. The molecule has 0 aliphatic rings. The minimum atomic E-state index is 0.880. The monoisotopic (exact) mass is 258 g/mol. The van der Waals surface area contributed by atoms with E-state index in [1.807, 2.05) is 31.3 Å². The molecule has 0 atom stereocenters. The lowest BCUT2D eigenvalue weighted by molar-refractivity contribution is 0.407. The fraction of sp³-hybridized carbons (Fsp3) is 0.375. The van der Waals surface area contributed by atoms with E-state index in [0.29, 0.717) is 0 Å². The summed E-state index contributed by atoms with van der Waals surface area (Å²) < 4.78 is 5.07. The predicted octanol–water partition coefficient (Wildman–Crippen LogP) is 3.61. The van der Waals surface area contributed by atoms with Crippen molar-refractivity contribution >= 4 is 0 Å². The third-order valence-electron chi connectivity index (χ3n) is 2.90. The molecular weight excluding hydrogens is 236 g/mol. The summed E-state index contributed by atoms with van der Waals surface area (Å²) in [6, 6.07) is 7.89. The largest absolute Gasteiger partial charge is 0.495 e. The second-order valence-electron chi connectivity index (χ2n) is 4.11. The van der Waals surface area contributed by atoms with Gasteiger partial charge in [0, 0.05) is 18.1 Å². The van der Waals surface area contributed by atoms with Crippen LogP contribution in [-0.2, 0) is 12.8 Å². The predicted molar refractivity (Wildman–Crippen MR) is 78.5 cm³/mol. The number of ether oxygens (including phenoxy) is 1. The van der Waals surface area contributed by atoms with Gasteiger partial charge in [0.2, 0.25) is 0 Å². The van der Waals surface area contributed by atoms with Crippen molar-refractivity contribution in [3.63, 3.8) is 0 Å². The maximum absolute atomic E-state index is 5.07. The summed E-state index contributed by atoms with van der Waals surface area (Å²) in [5.41, 5.74) is 3.52. The number of methoxy groups -OCH3 is 1. The van der Waals surface area contributed by atoms with Crippen molar-refractivity contribution in [1.82, 2.24) is 9.97 Å². The molecule has 0 bridgehead atoms. The summed E-state index contributed by atoms with van der Waals surface area (Å²) in [5, 5.41) is 0. The number of hydrogen-bond donors (Lipinski definition) is 0. The van der Waals surface area contributed by atoms with E-state index in [9.17, 15) is 0 Å². The molecule has 0 amide bonds. The summed E-state index contributed by atoms with van der Waals surface area (Å²) in [6.07, 6.45) is 5.61. The maximum atomic E-state index is 5.07. The van der Waals surface area contributed by atoms with E-state index in [4.69, 9.17) is 4.74 Å². The number of aromatic nitrogens is 2. The van der Waals surface area contributed by atoms with E-state index in [0.717, 1.165) is 30.0 Å². The van der Waals surface area contributed by atoms with Crippen molar-refractivity contribution in [2.75, 3.05) is 7.11 Å². The lowest BCUT2D eigenvalue weighted by Gasteiger charge is -2.02. The summed E-state index contributed by atoms with van der Waals surface area (Å²) in [5.74, 6) is 0.880. The molecule has 102 valence electrons. The van der Waals surface area contributed by atoms with Gasteiger partial charge in [0.25, 0.3) is 0 Å². The van der Waals surface area contributed by atoms with Crippen LogP contribution >= 0.6 is 0 Å². The van der Waals surface area contributed by atoms with Gasteiger partial charge in [0.1, 0.15) is 5.75 Å². The third kappa shape index (κ3) is 4.70. The fourth-order valence-corrected chi connectivity index (χ4v) is 1.77. The van der Waals surface area contributed by atoms with Crippen LogP contribution in [0, 0.1) is 6.92 Å². The molecule has 2 rings (SSSR count). The van der Waals surface area contributed by atoms with E-state index in [-0.39, 0.29) is 0 Å². The Labute approximate surface area is 115 Å². The van der Waals surface area contributed by atoms with Crippen molar-refractivity contribution in [2.45, 2.75) is 33.6 Å². The van der Waals surface area contributed by atoms with Gasteiger partial charge in [-0.15, -0.1) is 0 Å². The van der Waals surface area contributed by atoms with Crippen molar-refractivity contribution in [3.05, 3.63) is 53.6 Å². The molecule has 0 unspecified atom stereocenters. The van der Waals surface area contributed by atoms with Crippen molar-refractivity contribution < 1.29 is 4.74 Å². The number of aryl methyl sites for hydroxylation is 3. The average molecular weight is 258 g/mol. The molecule has 0 saturated carbocycles. The Bertz CT molecular complexity index is 475. The summed E-state index contributed by atoms with van der Waals surface area (Å²) in [6.45, 7) is 6.24. The van der Waals surface area contributed by atoms with Gasteiger partial charge in [0.15, 0.2) is 0 Å². The first-order valence-corrected chi connectivity index (χ1v) is 6.61. The van der Waals surface area contributed by atoms with E-state index >= 15 is 0 Å².